The van der Waals surface area contributed by atoms with Gasteiger partial charge in [0, 0.05) is 19.0 Å². The average Bonchev–Trinajstić information content (AvgIpc) is 2.73. The van der Waals surface area contributed by atoms with E-state index in [2.05, 4.69) is 54.5 Å². The first-order chi connectivity index (χ1) is 9.15. The Balaban J connectivity index is 1.69. The van der Waals surface area contributed by atoms with E-state index in [1.807, 2.05) is 0 Å². The van der Waals surface area contributed by atoms with Gasteiger partial charge in [0.2, 0.25) is 0 Å². The van der Waals surface area contributed by atoms with Crippen LogP contribution in [0.1, 0.15) is 38.7 Å². The molecule has 0 bridgehead atoms. The van der Waals surface area contributed by atoms with Gasteiger partial charge < -0.3 is 11.1 Å². The summed E-state index contributed by atoms with van der Waals surface area (Å²) in [5.74, 6) is 1.45. The molecule has 0 aliphatic carbocycles. The van der Waals surface area contributed by atoms with E-state index >= 15 is 0 Å². The van der Waals surface area contributed by atoms with Crippen molar-refractivity contribution in [2.45, 2.75) is 51.7 Å². The first-order valence-electron chi connectivity index (χ1n) is 7.24. The van der Waals surface area contributed by atoms with E-state index in [0.29, 0.717) is 18.0 Å². The predicted molar refractivity (Wildman–Crippen MR) is 81.2 cm³/mol. The monoisotopic (exact) mass is 259 g/mol. The van der Waals surface area contributed by atoms with Crippen LogP contribution in [0, 0.1) is 5.92 Å². The largest absolute Gasteiger partial charge is 0.387 e. The minimum absolute atomic E-state index is 0.431. The van der Waals surface area contributed by atoms with Crippen LogP contribution in [-0.2, 0) is 6.54 Å². The van der Waals surface area contributed by atoms with Crippen molar-refractivity contribution in [3.05, 3.63) is 35.9 Å². The van der Waals surface area contributed by atoms with Crippen molar-refractivity contribution in [2.75, 3.05) is 0 Å². The predicted octanol–water partition coefficient (Wildman–Crippen LogP) is 2.71. The van der Waals surface area contributed by atoms with Gasteiger partial charge >= 0.3 is 0 Å². The lowest BCUT2D eigenvalue weighted by molar-refractivity contribution is 0.417. The summed E-state index contributed by atoms with van der Waals surface area (Å²) in [6.07, 6.45) is 3.25. The third-order valence-electron chi connectivity index (χ3n) is 3.91. The van der Waals surface area contributed by atoms with Crippen molar-refractivity contribution < 1.29 is 0 Å². The molecule has 2 rings (SSSR count). The summed E-state index contributed by atoms with van der Waals surface area (Å²) >= 11 is 0. The normalized spacial score (nSPS) is 24.2. The highest BCUT2D eigenvalue weighted by atomic mass is 14.9. The first-order valence-corrected chi connectivity index (χ1v) is 7.24. The number of nitrogens with two attached hydrogens (primary N) is 1. The van der Waals surface area contributed by atoms with Crippen molar-refractivity contribution >= 4 is 5.84 Å². The maximum atomic E-state index is 5.79. The summed E-state index contributed by atoms with van der Waals surface area (Å²) in [5.41, 5.74) is 7.13. The van der Waals surface area contributed by atoms with Gasteiger partial charge in [0.15, 0.2) is 0 Å². The van der Waals surface area contributed by atoms with E-state index in [9.17, 15) is 0 Å². The molecule has 1 aliphatic heterocycles. The van der Waals surface area contributed by atoms with E-state index in [4.69, 9.17) is 5.73 Å². The van der Waals surface area contributed by atoms with Crippen molar-refractivity contribution in [1.82, 2.24) is 5.32 Å². The van der Waals surface area contributed by atoms with Crippen LogP contribution in [-0.4, -0.2) is 17.9 Å². The zero-order valence-electron chi connectivity index (χ0n) is 12.0. The lowest BCUT2D eigenvalue weighted by Crippen LogP contribution is -2.27. The van der Waals surface area contributed by atoms with E-state index in [1.165, 1.54) is 5.56 Å². The quantitative estimate of drug-likeness (QED) is 0.825. The van der Waals surface area contributed by atoms with Gasteiger partial charge in [-0.05, 0) is 31.2 Å². The Bertz CT molecular complexity index is 413. The van der Waals surface area contributed by atoms with Crippen LogP contribution in [0.25, 0.3) is 0 Å². The Labute approximate surface area is 116 Å². The second kappa shape index (κ2) is 6.71. The molecular formula is C16H25N3. The average molecular weight is 259 g/mol. The molecule has 0 radical (unpaired) electrons. The van der Waals surface area contributed by atoms with Crippen LogP contribution in [0.4, 0.5) is 0 Å². The molecule has 1 aromatic rings. The lowest BCUT2D eigenvalue weighted by atomic mass is 9.96. The summed E-state index contributed by atoms with van der Waals surface area (Å²) in [6.45, 7) is 5.43. The Hall–Kier alpha value is -1.35. The van der Waals surface area contributed by atoms with Gasteiger partial charge in [-0.1, -0.05) is 37.3 Å². The Morgan fingerprint density at radius 3 is 2.74 bits per heavy atom. The number of benzene rings is 1. The molecule has 0 spiro atoms. The van der Waals surface area contributed by atoms with E-state index in [1.54, 1.807) is 0 Å². The minimum atomic E-state index is 0.431. The van der Waals surface area contributed by atoms with Crippen LogP contribution >= 0.6 is 0 Å². The van der Waals surface area contributed by atoms with Crippen molar-refractivity contribution in [3.8, 4) is 0 Å². The van der Waals surface area contributed by atoms with Crippen LogP contribution in [0.15, 0.2) is 35.3 Å². The number of rotatable bonds is 6. The maximum absolute atomic E-state index is 5.79. The van der Waals surface area contributed by atoms with E-state index in [-0.39, 0.29) is 0 Å². The molecule has 1 aromatic carbocycles. The van der Waals surface area contributed by atoms with Crippen LogP contribution in [0.2, 0.25) is 0 Å². The van der Waals surface area contributed by atoms with Crippen molar-refractivity contribution in [1.29, 1.82) is 0 Å². The van der Waals surface area contributed by atoms with E-state index < -0.39 is 0 Å². The fourth-order valence-electron chi connectivity index (χ4n) is 2.62. The lowest BCUT2D eigenvalue weighted by Gasteiger charge is -2.17. The fraction of sp³-hybridized carbons (Fsp3) is 0.562. The van der Waals surface area contributed by atoms with Gasteiger partial charge in [0.05, 0.1) is 11.9 Å². The molecule has 19 heavy (non-hydrogen) atoms. The third-order valence-corrected chi connectivity index (χ3v) is 3.91. The van der Waals surface area contributed by atoms with Crippen LogP contribution in [0.5, 0.6) is 0 Å². The SMILES string of the molecule is CC(CC[C@@H]1N=C(N)C[C@H]1C)NCc1ccccc1. The third kappa shape index (κ3) is 4.35. The topological polar surface area (TPSA) is 50.4 Å². The molecule has 3 heteroatoms. The highest BCUT2D eigenvalue weighted by molar-refractivity contribution is 5.82. The number of hydrogen-bond acceptors (Lipinski definition) is 3. The molecule has 0 saturated carbocycles. The summed E-state index contributed by atoms with van der Waals surface area (Å²) in [6, 6.07) is 11.5. The summed E-state index contributed by atoms with van der Waals surface area (Å²) < 4.78 is 0. The zero-order chi connectivity index (χ0) is 13.7. The highest BCUT2D eigenvalue weighted by Crippen LogP contribution is 2.23. The van der Waals surface area contributed by atoms with Gasteiger partial charge in [-0.2, -0.15) is 0 Å². The minimum Gasteiger partial charge on any atom is -0.387 e. The molecule has 0 saturated heterocycles. The van der Waals surface area contributed by atoms with Crippen LogP contribution in [0.3, 0.4) is 0 Å². The first kappa shape index (κ1) is 14.1. The number of nitrogens with zero attached hydrogens (tertiary/aromatic N) is 1. The molecule has 3 nitrogen and oxygen atoms in total. The number of amidine groups is 1. The molecule has 0 aromatic heterocycles. The van der Waals surface area contributed by atoms with Gasteiger partial charge in [0.1, 0.15) is 0 Å². The highest BCUT2D eigenvalue weighted by Gasteiger charge is 2.24. The molecule has 1 aliphatic rings. The van der Waals surface area contributed by atoms with Gasteiger partial charge in [0.25, 0.3) is 0 Å². The number of aliphatic imine (C=N–C) groups is 1. The van der Waals surface area contributed by atoms with Crippen molar-refractivity contribution in [3.63, 3.8) is 0 Å². The molecule has 0 amide bonds. The zero-order valence-corrected chi connectivity index (χ0v) is 12.0. The van der Waals surface area contributed by atoms with Gasteiger partial charge in [-0.25, -0.2) is 0 Å². The Morgan fingerprint density at radius 2 is 2.11 bits per heavy atom. The second-order valence-electron chi connectivity index (χ2n) is 5.71. The summed E-state index contributed by atoms with van der Waals surface area (Å²) in [5, 5.41) is 3.57. The fourth-order valence-corrected chi connectivity index (χ4v) is 2.62. The smallest absolute Gasteiger partial charge is 0.0944 e. The molecule has 3 N–H and O–H groups in total. The molecule has 104 valence electrons. The maximum Gasteiger partial charge on any atom is 0.0944 e. The summed E-state index contributed by atoms with van der Waals surface area (Å²) in [4.78, 5) is 4.53. The summed E-state index contributed by atoms with van der Waals surface area (Å²) in [7, 11) is 0. The number of hydrogen-bond donors (Lipinski definition) is 2. The van der Waals surface area contributed by atoms with Crippen molar-refractivity contribution in [2.24, 2.45) is 16.6 Å². The van der Waals surface area contributed by atoms with Crippen LogP contribution < -0.4 is 11.1 Å². The standard InChI is InChI=1S/C16H25N3/c1-12-10-16(17)19-15(12)9-8-13(2)18-11-14-6-4-3-5-7-14/h3-7,12-13,15,18H,8-11H2,1-2H3,(H2,17,19)/t12-,13?,15+/m1/s1. The van der Waals surface area contributed by atoms with Gasteiger partial charge in [-0.3, -0.25) is 4.99 Å². The molecule has 0 fully saturated rings. The molecular weight excluding hydrogens is 234 g/mol. The molecule has 3 atom stereocenters. The Morgan fingerprint density at radius 1 is 1.37 bits per heavy atom. The number of nitrogens with one attached hydrogen (secondary N) is 1. The van der Waals surface area contributed by atoms with E-state index in [0.717, 1.165) is 31.6 Å². The Kier molecular flexibility index (Phi) is 4.97. The molecule has 1 unspecified atom stereocenters. The second-order valence-corrected chi connectivity index (χ2v) is 5.71. The molecule has 1 heterocycles. The van der Waals surface area contributed by atoms with Gasteiger partial charge in [-0.15, -0.1) is 0 Å².